The molecule has 8 nitrogen and oxygen atoms in total. The molecule has 0 aliphatic carbocycles. The van der Waals surface area contributed by atoms with Crippen LogP contribution < -0.4 is 14.2 Å². The van der Waals surface area contributed by atoms with Gasteiger partial charge in [0.15, 0.2) is 0 Å². The van der Waals surface area contributed by atoms with Crippen LogP contribution in [0.25, 0.3) is 0 Å². The zero-order valence-corrected chi connectivity index (χ0v) is 21.1. The molecule has 1 atom stereocenters. The predicted octanol–water partition coefficient (Wildman–Crippen LogP) is 4.30. The zero-order chi connectivity index (χ0) is 26.5. The number of rotatable bonds is 8. The fraction of sp³-hybridized carbons (Fsp3) is 0.250. The van der Waals surface area contributed by atoms with Crippen LogP contribution in [0.3, 0.4) is 0 Å². The first-order chi connectivity index (χ1) is 17.9. The molecule has 2 amide bonds. The van der Waals surface area contributed by atoms with E-state index in [1.165, 1.54) is 23.1 Å². The molecule has 3 aromatic rings. The van der Waals surface area contributed by atoms with Crippen molar-refractivity contribution in [1.29, 1.82) is 0 Å². The molecule has 0 saturated heterocycles. The molecule has 0 N–H and O–H groups in total. The number of methoxy groups -OCH3 is 3. The normalized spacial score (nSPS) is 14.7. The highest BCUT2D eigenvalue weighted by Crippen LogP contribution is 2.39. The van der Waals surface area contributed by atoms with E-state index in [0.29, 0.717) is 39.7 Å². The summed E-state index contributed by atoms with van der Waals surface area (Å²) in [6.45, 7) is -0.234. The van der Waals surface area contributed by atoms with E-state index in [1.807, 2.05) is 0 Å². The summed E-state index contributed by atoms with van der Waals surface area (Å²) in [4.78, 5) is 27.8. The lowest BCUT2D eigenvalue weighted by atomic mass is 9.97. The molecular weight excluding hydrogens is 477 g/mol. The van der Waals surface area contributed by atoms with Crippen molar-refractivity contribution in [1.82, 2.24) is 9.91 Å². The van der Waals surface area contributed by atoms with Crippen molar-refractivity contribution in [3.8, 4) is 17.2 Å². The molecule has 0 aromatic heterocycles. The first-order valence-corrected chi connectivity index (χ1v) is 11.6. The fourth-order valence-corrected chi connectivity index (χ4v) is 4.24. The Morgan fingerprint density at radius 3 is 2.30 bits per heavy atom. The standard InChI is InChI=1S/C28H28FN3O5/c1-31(28(34)18-9-11-19(35-2)12-10-18)17-27(33)32-25(22-15-20(36-3)13-14-26(22)37-4)16-24(30-32)21-7-5-6-8-23(21)29/h5-15,25H,16-17H2,1-4H3. The van der Waals surface area contributed by atoms with Crippen molar-refractivity contribution in [2.24, 2.45) is 5.10 Å². The molecule has 0 bridgehead atoms. The van der Waals surface area contributed by atoms with E-state index in [-0.39, 0.29) is 18.9 Å². The first-order valence-electron chi connectivity index (χ1n) is 11.6. The van der Waals surface area contributed by atoms with Crippen molar-refractivity contribution in [3.63, 3.8) is 0 Å². The lowest BCUT2D eigenvalue weighted by Crippen LogP contribution is -2.39. The molecule has 3 aromatic carbocycles. The summed E-state index contributed by atoms with van der Waals surface area (Å²) in [6.07, 6.45) is 0.256. The summed E-state index contributed by atoms with van der Waals surface area (Å²) in [5.74, 6) is 0.552. The van der Waals surface area contributed by atoms with Crippen molar-refractivity contribution in [2.75, 3.05) is 34.9 Å². The molecule has 1 unspecified atom stereocenters. The predicted molar refractivity (Wildman–Crippen MR) is 137 cm³/mol. The number of hydrogen-bond donors (Lipinski definition) is 0. The lowest BCUT2D eigenvalue weighted by Gasteiger charge is -2.26. The minimum Gasteiger partial charge on any atom is -0.497 e. The monoisotopic (exact) mass is 505 g/mol. The highest BCUT2D eigenvalue weighted by Gasteiger charge is 2.36. The van der Waals surface area contributed by atoms with Gasteiger partial charge in [0, 0.05) is 30.2 Å². The third kappa shape index (κ3) is 5.40. The number of hydrogen-bond acceptors (Lipinski definition) is 6. The molecule has 4 rings (SSSR count). The van der Waals surface area contributed by atoms with Crippen molar-refractivity contribution < 1.29 is 28.2 Å². The molecule has 1 aliphatic rings. The molecule has 1 heterocycles. The molecule has 0 spiro atoms. The van der Waals surface area contributed by atoms with Gasteiger partial charge in [-0.05, 0) is 48.5 Å². The minimum atomic E-state index is -0.586. The molecule has 0 fully saturated rings. The van der Waals surface area contributed by atoms with Gasteiger partial charge in [0.2, 0.25) is 0 Å². The Hall–Kier alpha value is -4.40. The van der Waals surface area contributed by atoms with Gasteiger partial charge in [-0.1, -0.05) is 18.2 Å². The second kappa shape index (κ2) is 11.1. The first kappa shape index (κ1) is 25.7. The summed E-state index contributed by atoms with van der Waals surface area (Å²) in [5, 5.41) is 5.83. The van der Waals surface area contributed by atoms with Gasteiger partial charge in [-0.15, -0.1) is 0 Å². The van der Waals surface area contributed by atoms with Gasteiger partial charge in [0.25, 0.3) is 11.8 Å². The number of amides is 2. The van der Waals surface area contributed by atoms with Gasteiger partial charge in [-0.25, -0.2) is 9.40 Å². The number of benzene rings is 3. The second-order valence-electron chi connectivity index (χ2n) is 8.48. The quantitative estimate of drug-likeness (QED) is 0.456. The lowest BCUT2D eigenvalue weighted by molar-refractivity contribution is -0.133. The van der Waals surface area contributed by atoms with Gasteiger partial charge >= 0.3 is 0 Å². The maximum Gasteiger partial charge on any atom is 0.262 e. The highest BCUT2D eigenvalue weighted by molar-refractivity contribution is 6.04. The maximum atomic E-state index is 14.6. The van der Waals surface area contributed by atoms with Crippen LogP contribution in [-0.2, 0) is 4.79 Å². The molecular formula is C28H28FN3O5. The number of hydrazone groups is 1. The fourth-order valence-electron chi connectivity index (χ4n) is 4.24. The molecule has 9 heteroatoms. The van der Waals surface area contributed by atoms with E-state index in [4.69, 9.17) is 14.2 Å². The van der Waals surface area contributed by atoms with Crippen LogP contribution in [0.5, 0.6) is 17.2 Å². The second-order valence-corrected chi connectivity index (χ2v) is 8.48. The molecule has 0 saturated carbocycles. The number of nitrogens with zero attached hydrogens (tertiary/aromatic N) is 3. The van der Waals surface area contributed by atoms with Crippen LogP contribution >= 0.6 is 0 Å². The third-order valence-corrected chi connectivity index (χ3v) is 6.20. The minimum absolute atomic E-state index is 0.234. The van der Waals surface area contributed by atoms with Gasteiger partial charge in [-0.2, -0.15) is 5.10 Å². The molecule has 37 heavy (non-hydrogen) atoms. The van der Waals surface area contributed by atoms with Crippen molar-refractivity contribution in [3.05, 3.63) is 89.2 Å². The van der Waals surface area contributed by atoms with E-state index >= 15 is 0 Å². The summed E-state index contributed by atoms with van der Waals surface area (Å²) in [7, 11) is 6.17. The Kier molecular flexibility index (Phi) is 7.71. The number of likely N-dealkylation sites (N-methyl/N-ethyl adjacent to an activating group) is 1. The van der Waals surface area contributed by atoms with Crippen molar-refractivity contribution >= 4 is 17.5 Å². The van der Waals surface area contributed by atoms with E-state index in [1.54, 1.807) is 81.9 Å². The number of ether oxygens (including phenoxy) is 3. The van der Waals surface area contributed by atoms with Gasteiger partial charge in [0.05, 0.1) is 33.1 Å². The van der Waals surface area contributed by atoms with Gasteiger partial charge < -0.3 is 19.1 Å². The smallest absolute Gasteiger partial charge is 0.262 e. The summed E-state index contributed by atoms with van der Waals surface area (Å²) in [6, 6.07) is 17.6. The molecule has 0 radical (unpaired) electrons. The maximum absolute atomic E-state index is 14.6. The molecule has 1 aliphatic heterocycles. The summed E-state index contributed by atoms with van der Waals surface area (Å²) < 4.78 is 30.7. The average molecular weight is 506 g/mol. The third-order valence-electron chi connectivity index (χ3n) is 6.20. The number of carbonyl (C=O) groups excluding carboxylic acids is 2. The van der Waals surface area contributed by atoms with Crippen LogP contribution in [0, 0.1) is 5.82 Å². The number of carbonyl (C=O) groups is 2. The van der Waals surface area contributed by atoms with Crippen LogP contribution in [0.2, 0.25) is 0 Å². The van der Waals surface area contributed by atoms with Crippen LogP contribution in [0.15, 0.2) is 71.8 Å². The Balaban J connectivity index is 1.65. The van der Waals surface area contributed by atoms with E-state index in [0.717, 1.165) is 0 Å². The van der Waals surface area contributed by atoms with E-state index < -0.39 is 17.8 Å². The topological polar surface area (TPSA) is 80.7 Å². The van der Waals surface area contributed by atoms with Crippen molar-refractivity contribution in [2.45, 2.75) is 12.5 Å². The van der Waals surface area contributed by atoms with Gasteiger partial charge in [0.1, 0.15) is 29.6 Å². The van der Waals surface area contributed by atoms with E-state index in [9.17, 15) is 14.0 Å². The SMILES string of the molecule is COc1ccc(C(=O)N(C)CC(=O)N2N=C(c3ccccc3F)CC2c2cc(OC)ccc2OC)cc1. The van der Waals surface area contributed by atoms with Crippen LogP contribution in [0.4, 0.5) is 4.39 Å². The van der Waals surface area contributed by atoms with Crippen LogP contribution in [0.1, 0.15) is 33.9 Å². The summed E-state index contributed by atoms with van der Waals surface area (Å²) in [5.41, 5.74) is 1.81. The number of halogens is 1. The Bertz CT molecular complexity index is 1330. The van der Waals surface area contributed by atoms with Gasteiger partial charge in [-0.3, -0.25) is 9.59 Å². The molecule has 192 valence electrons. The van der Waals surface area contributed by atoms with E-state index in [2.05, 4.69) is 5.10 Å². The Labute approximate surface area is 214 Å². The zero-order valence-electron chi connectivity index (χ0n) is 21.1. The highest BCUT2D eigenvalue weighted by atomic mass is 19.1. The Morgan fingerprint density at radius 2 is 1.65 bits per heavy atom. The van der Waals surface area contributed by atoms with Crippen LogP contribution in [-0.4, -0.2) is 62.4 Å². The average Bonchev–Trinajstić information content (AvgIpc) is 3.37. The summed E-state index contributed by atoms with van der Waals surface area (Å²) >= 11 is 0. The Morgan fingerprint density at radius 1 is 0.973 bits per heavy atom. The largest absolute Gasteiger partial charge is 0.497 e.